The summed E-state index contributed by atoms with van der Waals surface area (Å²) in [5.74, 6) is 1.33. The number of rotatable bonds is 7. The van der Waals surface area contributed by atoms with Crippen molar-refractivity contribution in [3.8, 4) is 0 Å². The van der Waals surface area contributed by atoms with Crippen molar-refractivity contribution in [2.24, 2.45) is 13.0 Å². The Morgan fingerprint density at radius 2 is 2.00 bits per heavy atom. The molecule has 0 unspecified atom stereocenters. The lowest BCUT2D eigenvalue weighted by atomic mass is 9.59. The summed E-state index contributed by atoms with van der Waals surface area (Å²) < 4.78 is 3.98. The van der Waals surface area contributed by atoms with Crippen LogP contribution in [0.15, 0.2) is 43.2 Å². The Bertz CT molecular complexity index is 1460. The maximum atomic E-state index is 13.5. The fourth-order valence-electron chi connectivity index (χ4n) is 5.57. The number of fused-ring (bicyclic) bond motifs is 1. The minimum absolute atomic E-state index is 0.196. The van der Waals surface area contributed by atoms with E-state index in [2.05, 4.69) is 50.8 Å². The highest BCUT2D eigenvalue weighted by Gasteiger charge is 2.48. The standard InChI is InChI=1S/C27H32N8O/c1-17-9-27(10-17,25-33-31-16-34(25)4)20-8-21(14-28-13-20)32-24(36)22-7-19(12-30-26(3)5-6-26)15-35-18(2)11-29-23(22)35/h7-8,11,13-17,30H,5-6,9-10,12H2,1-4H3,(H,32,36). The molecule has 2 aliphatic carbocycles. The summed E-state index contributed by atoms with van der Waals surface area (Å²) in [5.41, 5.74) is 4.93. The number of aryl methyl sites for hydroxylation is 2. The van der Waals surface area contributed by atoms with Gasteiger partial charge in [-0.2, -0.15) is 0 Å². The maximum absolute atomic E-state index is 13.5. The molecule has 0 spiro atoms. The third-order valence-electron chi connectivity index (χ3n) is 7.89. The minimum Gasteiger partial charge on any atom is -0.320 e. The highest BCUT2D eigenvalue weighted by Crippen LogP contribution is 2.51. The molecule has 2 aliphatic rings. The molecular weight excluding hydrogens is 452 g/mol. The molecule has 2 N–H and O–H groups in total. The SMILES string of the molecule is Cc1cnc2c(C(=O)Nc3cncc(C4(c5nncn5C)CC(C)C4)c3)cc(CNC3(C)CC3)cn12. The first-order valence-corrected chi connectivity index (χ1v) is 12.6. The highest BCUT2D eigenvalue weighted by molar-refractivity contribution is 6.08. The first-order chi connectivity index (χ1) is 17.3. The number of carbonyl (C=O) groups is 1. The molecule has 0 saturated heterocycles. The summed E-state index contributed by atoms with van der Waals surface area (Å²) in [6.07, 6.45) is 13.5. The van der Waals surface area contributed by atoms with E-state index in [0.717, 1.165) is 35.5 Å². The number of nitrogens with one attached hydrogen (secondary N) is 2. The number of nitrogens with zero attached hydrogens (tertiary/aromatic N) is 6. The molecule has 6 rings (SSSR count). The van der Waals surface area contributed by atoms with Crippen LogP contribution in [0, 0.1) is 12.8 Å². The van der Waals surface area contributed by atoms with E-state index in [-0.39, 0.29) is 16.9 Å². The second-order valence-electron chi connectivity index (χ2n) is 11.0. The summed E-state index contributed by atoms with van der Waals surface area (Å²) in [4.78, 5) is 22.6. The summed E-state index contributed by atoms with van der Waals surface area (Å²) in [6.45, 7) is 7.19. The first kappa shape index (κ1) is 22.8. The van der Waals surface area contributed by atoms with Crippen LogP contribution in [0.2, 0.25) is 0 Å². The van der Waals surface area contributed by atoms with E-state index >= 15 is 0 Å². The van der Waals surface area contributed by atoms with Crippen LogP contribution in [0.25, 0.3) is 5.65 Å². The molecule has 0 radical (unpaired) electrons. The molecule has 2 fully saturated rings. The van der Waals surface area contributed by atoms with E-state index in [1.807, 2.05) is 41.3 Å². The number of anilines is 1. The molecule has 9 heteroatoms. The van der Waals surface area contributed by atoms with Crippen molar-refractivity contribution in [2.45, 2.75) is 64.0 Å². The van der Waals surface area contributed by atoms with Gasteiger partial charge < -0.3 is 19.6 Å². The Balaban J connectivity index is 1.30. The summed E-state index contributed by atoms with van der Waals surface area (Å²) in [7, 11) is 1.97. The normalized spacial score (nSPS) is 22.4. The van der Waals surface area contributed by atoms with Crippen LogP contribution < -0.4 is 10.6 Å². The monoisotopic (exact) mass is 484 g/mol. The van der Waals surface area contributed by atoms with Gasteiger partial charge in [0.05, 0.1) is 22.9 Å². The Hall–Kier alpha value is -3.59. The molecule has 1 amide bonds. The van der Waals surface area contributed by atoms with Crippen LogP contribution in [0.4, 0.5) is 5.69 Å². The number of aromatic nitrogens is 6. The fourth-order valence-corrected chi connectivity index (χ4v) is 5.57. The number of imidazole rings is 1. The third kappa shape index (κ3) is 3.87. The van der Waals surface area contributed by atoms with E-state index in [0.29, 0.717) is 29.4 Å². The topological polar surface area (TPSA) is 102 Å². The molecule has 2 saturated carbocycles. The molecule has 4 heterocycles. The van der Waals surface area contributed by atoms with Gasteiger partial charge >= 0.3 is 0 Å². The van der Waals surface area contributed by atoms with E-state index in [4.69, 9.17) is 0 Å². The van der Waals surface area contributed by atoms with Gasteiger partial charge in [0, 0.05) is 43.4 Å². The quantitative estimate of drug-likeness (QED) is 0.414. The van der Waals surface area contributed by atoms with Gasteiger partial charge in [-0.15, -0.1) is 10.2 Å². The first-order valence-electron chi connectivity index (χ1n) is 12.6. The van der Waals surface area contributed by atoms with Crippen LogP contribution in [0.3, 0.4) is 0 Å². The number of hydrogen-bond acceptors (Lipinski definition) is 6. The molecule has 9 nitrogen and oxygen atoms in total. The van der Waals surface area contributed by atoms with E-state index < -0.39 is 0 Å². The molecule has 0 bridgehead atoms. The van der Waals surface area contributed by atoms with Crippen LogP contribution in [-0.4, -0.2) is 40.6 Å². The van der Waals surface area contributed by atoms with Gasteiger partial charge in [-0.25, -0.2) is 4.98 Å². The molecular formula is C27H32N8O. The Morgan fingerprint density at radius 3 is 2.69 bits per heavy atom. The van der Waals surface area contributed by atoms with Crippen molar-refractivity contribution in [2.75, 3.05) is 5.32 Å². The molecule has 0 atom stereocenters. The summed E-state index contributed by atoms with van der Waals surface area (Å²) in [6, 6.07) is 3.97. The zero-order valence-electron chi connectivity index (χ0n) is 21.2. The lowest BCUT2D eigenvalue weighted by molar-refractivity contribution is 0.102. The zero-order valence-corrected chi connectivity index (χ0v) is 21.2. The third-order valence-corrected chi connectivity index (χ3v) is 7.89. The lowest BCUT2D eigenvalue weighted by Gasteiger charge is -2.45. The van der Waals surface area contributed by atoms with E-state index in [1.54, 1.807) is 18.7 Å². The molecule has 4 aromatic heterocycles. The van der Waals surface area contributed by atoms with Crippen LogP contribution >= 0.6 is 0 Å². The second kappa shape index (κ2) is 8.23. The Kier molecular flexibility index (Phi) is 5.22. The van der Waals surface area contributed by atoms with Crippen molar-refractivity contribution < 1.29 is 4.79 Å². The van der Waals surface area contributed by atoms with Gasteiger partial charge in [-0.3, -0.25) is 9.78 Å². The lowest BCUT2D eigenvalue weighted by Crippen LogP contribution is -2.43. The number of pyridine rings is 2. The predicted octanol–water partition coefficient (Wildman–Crippen LogP) is 3.78. The fraction of sp³-hybridized carbons (Fsp3) is 0.444. The average Bonchev–Trinajstić information content (AvgIpc) is 3.23. The number of hydrogen-bond donors (Lipinski definition) is 2. The predicted molar refractivity (Wildman–Crippen MR) is 137 cm³/mol. The smallest absolute Gasteiger partial charge is 0.259 e. The molecule has 0 aliphatic heterocycles. The summed E-state index contributed by atoms with van der Waals surface area (Å²) in [5, 5.41) is 15.2. The van der Waals surface area contributed by atoms with Gasteiger partial charge in [0.1, 0.15) is 17.8 Å². The maximum Gasteiger partial charge on any atom is 0.259 e. The molecule has 0 aromatic carbocycles. The van der Waals surface area contributed by atoms with Crippen LogP contribution in [0.1, 0.15) is 72.5 Å². The van der Waals surface area contributed by atoms with Crippen molar-refractivity contribution in [1.29, 1.82) is 0 Å². The largest absolute Gasteiger partial charge is 0.320 e. The van der Waals surface area contributed by atoms with Crippen molar-refractivity contribution >= 4 is 17.2 Å². The van der Waals surface area contributed by atoms with E-state index in [1.165, 1.54) is 12.8 Å². The minimum atomic E-state index is -0.240. The highest BCUT2D eigenvalue weighted by atomic mass is 16.1. The van der Waals surface area contributed by atoms with Crippen molar-refractivity contribution in [3.05, 3.63) is 71.5 Å². The average molecular weight is 485 g/mol. The van der Waals surface area contributed by atoms with E-state index in [9.17, 15) is 4.79 Å². The number of amides is 1. The summed E-state index contributed by atoms with van der Waals surface area (Å²) >= 11 is 0. The second-order valence-corrected chi connectivity index (χ2v) is 11.0. The number of carbonyl (C=O) groups excluding carboxylic acids is 1. The Labute approximate surface area is 210 Å². The van der Waals surface area contributed by atoms with Gasteiger partial charge in [0.25, 0.3) is 5.91 Å². The van der Waals surface area contributed by atoms with Crippen LogP contribution in [-0.2, 0) is 19.0 Å². The molecule has 36 heavy (non-hydrogen) atoms. The van der Waals surface area contributed by atoms with Gasteiger partial charge in [-0.05, 0) is 68.7 Å². The Morgan fingerprint density at radius 1 is 1.19 bits per heavy atom. The van der Waals surface area contributed by atoms with Crippen LogP contribution in [0.5, 0.6) is 0 Å². The van der Waals surface area contributed by atoms with Crippen molar-refractivity contribution in [1.82, 2.24) is 34.4 Å². The zero-order chi connectivity index (χ0) is 25.1. The van der Waals surface area contributed by atoms with Gasteiger partial charge in [-0.1, -0.05) is 6.92 Å². The van der Waals surface area contributed by atoms with Crippen molar-refractivity contribution in [3.63, 3.8) is 0 Å². The molecule has 4 aromatic rings. The van der Waals surface area contributed by atoms with Gasteiger partial charge in [0.2, 0.25) is 0 Å². The van der Waals surface area contributed by atoms with Gasteiger partial charge in [0.15, 0.2) is 0 Å². The molecule has 186 valence electrons.